The molecule has 0 aromatic carbocycles. The van der Waals surface area contributed by atoms with Gasteiger partial charge in [-0.15, -0.1) is 6.42 Å². The van der Waals surface area contributed by atoms with Gasteiger partial charge in [-0.25, -0.2) is 4.98 Å². The summed E-state index contributed by atoms with van der Waals surface area (Å²) in [4.78, 5) is 4.49. The maximum Gasteiger partial charge on any atom is 0.137 e. The molecule has 0 saturated heterocycles. The van der Waals surface area contributed by atoms with E-state index in [1.54, 1.807) is 0 Å². The van der Waals surface area contributed by atoms with Gasteiger partial charge in [-0.05, 0) is 26.0 Å². The van der Waals surface area contributed by atoms with Crippen molar-refractivity contribution in [3.8, 4) is 12.3 Å². The van der Waals surface area contributed by atoms with Gasteiger partial charge in [0, 0.05) is 12.7 Å². The topological polar surface area (TPSA) is 29.3 Å². The van der Waals surface area contributed by atoms with E-state index in [4.69, 9.17) is 6.42 Å². The number of nitrogens with zero attached hydrogens (tertiary/aromatic N) is 2. The molecule has 2 heterocycles. The predicted molar refractivity (Wildman–Crippen MR) is 65.1 cm³/mol. The van der Waals surface area contributed by atoms with Crippen LogP contribution < -0.4 is 5.32 Å². The lowest BCUT2D eigenvalue weighted by atomic mass is 10.3. The Bertz CT molecular complexity index is 534. The van der Waals surface area contributed by atoms with E-state index in [1.165, 1.54) is 0 Å². The highest BCUT2D eigenvalue weighted by Gasteiger charge is 2.08. The zero-order chi connectivity index (χ0) is 11.5. The van der Waals surface area contributed by atoms with Crippen molar-refractivity contribution < 1.29 is 0 Å². The molecule has 0 fully saturated rings. The van der Waals surface area contributed by atoms with Crippen LogP contribution in [0.2, 0.25) is 0 Å². The molecule has 1 N–H and O–H groups in total. The van der Waals surface area contributed by atoms with Crippen molar-refractivity contribution in [1.29, 1.82) is 0 Å². The summed E-state index contributed by atoms with van der Waals surface area (Å²) in [6.45, 7) is 4.73. The standard InChI is InChI=1S/C13H15N3/c1-4-10(2)14-9-12-11(3)15-13-7-5-6-8-16(12)13/h1,5-8,10,14H,9H2,2-3H3. The number of imidazole rings is 1. The van der Waals surface area contributed by atoms with Crippen molar-refractivity contribution >= 4 is 5.65 Å². The maximum atomic E-state index is 5.33. The second-order valence-corrected chi connectivity index (χ2v) is 3.84. The van der Waals surface area contributed by atoms with Crippen LogP contribution in [-0.4, -0.2) is 15.4 Å². The van der Waals surface area contributed by atoms with Gasteiger partial charge in [-0.3, -0.25) is 5.32 Å². The number of aromatic nitrogens is 2. The Hall–Kier alpha value is -1.79. The molecule has 2 aromatic rings. The van der Waals surface area contributed by atoms with Crippen LogP contribution in [-0.2, 0) is 6.54 Å². The largest absolute Gasteiger partial charge is 0.302 e. The van der Waals surface area contributed by atoms with E-state index in [-0.39, 0.29) is 6.04 Å². The highest BCUT2D eigenvalue weighted by atomic mass is 15.0. The minimum absolute atomic E-state index is 0.0775. The zero-order valence-electron chi connectivity index (χ0n) is 9.57. The van der Waals surface area contributed by atoms with Gasteiger partial charge in [-0.1, -0.05) is 12.0 Å². The zero-order valence-corrected chi connectivity index (χ0v) is 9.57. The number of aryl methyl sites for hydroxylation is 1. The van der Waals surface area contributed by atoms with Gasteiger partial charge >= 0.3 is 0 Å². The molecule has 0 spiro atoms. The Balaban J connectivity index is 2.30. The summed E-state index contributed by atoms with van der Waals surface area (Å²) in [5, 5.41) is 3.27. The first-order valence-corrected chi connectivity index (χ1v) is 5.34. The van der Waals surface area contributed by atoms with Crippen LogP contribution in [0.5, 0.6) is 0 Å². The van der Waals surface area contributed by atoms with Gasteiger partial charge < -0.3 is 4.40 Å². The summed E-state index contributed by atoms with van der Waals surface area (Å²) >= 11 is 0. The van der Waals surface area contributed by atoms with Gasteiger partial charge in [0.15, 0.2) is 0 Å². The molecule has 3 heteroatoms. The first kappa shape index (κ1) is 10.7. The lowest BCUT2D eigenvalue weighted by Gasteiger charge is -2.07. The molecule has 3 nitrogen and oxygen atoms in total. The molecular weight excluding hydrogens is 198 g/mol. The lowest BCUT2D eigenvalue weighted by Crippen LogP contribution is -2.24. The smallest absolute Gasteiger partial charge is 0.137 e. The molecule has 0 radical (unpaired) electrons. The van der Waals surface area contributed by atoms with Crippen molar-refractivity contribution in [3.63, 3.8) is 0 Å². The van der Waals surface area contributed by atoms with E-state index in [2.05, 4.69) is 20.6 Å². The summed E-state index contributed by atoms with van der Waals surface area (Å²) < 4.78 is 2.09. The van der Waals surface area contributed by atoms with Crippen LogP contribution in [0, 0.1) is 19.3 Å². The number of fused-ring (bicyclic) bond motifs is 1. The maximum absolute atomic E-state index is 5.33. The van der Waals surface area contributed by atoms with Crippen molar-refractivity contribution in [2.45, 2.75) is 26.4 Å². The molecule has 0 saturated carbocycles. The van der Waals surface area contributed by atoms with Gasteiger partial charge in [0.25, 0.3) is 0 Å². The van der Waals surface area contributed by atoms with Crippen molar-refractivity contribution in [3.05, 3.63) is 35.8 Å². The van der Waals surface area contributed by atoms with Crippen LogP contribution in [0.25, 0.3) is 5.65 Å². The normalized spacial score (nSPS) is 12.6. The van der Waals surface area contributed by atoms with Crippen LogP contribution in [0.3, 0.4) is 0 Å². The summed E-state index contributed by atoms with van der Waals surface area (Å²) in [5.41, 5.74) is 3.19. The Labute approximate surface area is 95.5 Å². The van der Waals surface area contributed by atoms with E-state index < -0.39 is 0 Å². The molecule has 0 aliphatic rings. The molecule has 0 aliphatic heterocycles. The number of terminal acetylenes is 1. The summed E-state index contributed by atoms with van der Waals surface area (Å²) in [6.07, 6.45) is 7.35. The van der Waals surface area contributed by atoms with E-state index in [0.29, 0.717) is 0 Å². The van der Waals surface area contributed by atoms with E-state index in [9.17, 15) is 0 Å². The lowest BCUT2D eigenvalue weighted by molar-refractivity contribution is 0.632. The fraction of sp³-hybridized carbons (Fsp3) is 0.308. The minimum atomic E-state index is 0.0775. The number of nitrogens with one attached hydrogen (secondary N) is 1. The number of pyridine rings is 1. The van der Waals surface area contributed by atoms with Crippen LogP contribution in [0.4, 0.5) is 0 Å². The highest BCUT2D eigenvalue weighted by Crippen LogP contribution is 2.11. The first-order chi connectivity index (χ1) is 7.72. The highest BCUT2D eigenvalue weighted by molar-refractivity contribution is 5.42. The SMILES string of the molecule is C#CC(C)NCc1c(C)nc2ccccn12. The number of hydrogen-bond donors (Lipinski definition) is 1. The average molecular weight is 213 g/mol. The third-order valence-corrected chi connectivity index (χ3v) is 2.65. The Morgan fingerprint density at radius 2 is 2.38 bits per heavy atom. The Kier molecular flexibility index (Phi) is 2.93. The summed E-state index contributed by atoms with van der Waals surface area (Å²) in [5.74, 6) is 2.65. The van der Waals surface area contributed by atoms with Crippen molar-refractivity contribution in [2.75, 3.05) is 0 Å². The summed E-state index contributed by atoms with van der Waals surface area (Å²) in [6, 6.07) is 6.07. The fourth-order valence-corrected chi connectivity index (χ4v) is 1.69. The molecule has 16 heavy (non-hydrogen) atoms. The van der Waals surface area contributed by atoms with E-state index >= 15 is 0 Å². The number of hydrogen-bond acceptors (Lipinski definition) is 2. The van der Waals surface area contributed by atoms with Gasteiger partial charge in [0.05, 0.1) is 17.4 Å². The Morgan fingerprint density at radius 1 is 1.56 bits per heavy atom. The van der Waals surface area contributed by atoms with Gasteiger partial charge in [0.1, 0.15) is 5.65 Å². The second-order valence-electron chi connectivity index (χ2n) is 3.84. The third-order valence-electron chi connectivity index (χ3n) is 2.65. The minimum Gasteiger partial charge on any atom is -0.302 e. The van der Waals surface area contributed by atoms with E-state index in [1.807, 2.05) is 38.2 Å². The van der Waals surface area contributed by atoms with Crippen LogP contribution in [0.15, 0.2) is 24.4 Å². The fourth-order valence-electron chi connectivity index (χ4n) is 1.69. The van der Waals surface area contributed by atoms with E-state index in [0.717, 1.165) is 23.6 Å². The molecule has 0 aliphatic carbocycles. The second kappa shape index (κ2) is 4.38. The third kappa shape index (κ3) is 1.93. The molecule has 0 bridgehead atoms. The monoisotopic (exact) mass is 213 g/mol. The van der Waals surface area contributed by atoms with Gasteiger partial charge in [0.2, 0.25) is 0 Å². The van der Waals surface area contributed by atoms with Gasteiger partial charge in [-0.2, -0.15) is 0 Å². The Morgan fingerprint density at radius 3 is 3.12 bits per heavy atom. The molecule has 2 rings (SSSR count). The molecular formula is C13H15N3. The van der Waals surface area contributed by atoms with Crippen molar-refractivity contribution in [2.24, 2.45) is 0 Å². The first-order valence-electron chi connectivity index (χ1n) is 5.34. The predicted octanol–water partition coefficient (Wildman–Crippen LogP) is 1.75. The van der Waals surface area contributed by atoms with Crippen LogP contribution in [0.1, 0.15) is 18.3 Å². The molecule has 2 aromatic heterocycles. The average Bonchev–Trinajstić information content (AvgIpc) is 2.62. The quantitative estimate of drug-likeness (QED) is 0.787. The molecule has 1 atom stereocenters. The molecule has 82 valence electrons. The summed E-state index contributed by atoms with van der Waals surface area (Å²) in [7, 11) is 0. The van der Waals surface area contributed by atoms with Crippen molar-refractivity contribution in [1.82, 2.24) is 14.7 Å². The number of rotatable bonds is 3. The molecule has 0 amide bonds. The molecule has 1 unspecified atom stereocenters. The van der Waals surface area contributed by atoms with Crippen LogP contribution >= 0.6 is 0 Å².